The second-order valence-electron chi connectivity index (χ2n) is 5.37. The van der Waals surface area contributed by atoms with Crippen molar-refractivity contribution < 1.29 is 9.90 Å². The molecule has 1 aliphatic rings. The monoisotopic (exact) mass is 267 g/mol. The minimum Gasteiger partial charge on any atom is -0.384 e. The summed E-state index contributed by atoms with van der Waals surface area (Å²) < 4.78 is 0. The molecule has 0 saturated carbocycles. The van der Waals surface area contributed by atoms with E-state index in [9.17, 15) is 9.90 Å². The van der Waals surface area contributed by atoms with Gasteiger partial charge in [-0.1, -0.05) is 42.0 Å². The Kier molecular flexibility index (Phi) is 3.07. The molecule has 1 unspecified atom stereocenters. The van der Waals surface area contributed by atoms with Crippen LogP contribution in [-0.4, -0.2) is 11.0 Å². The van der Waals surface area contributed by atoms with Crippen molar-refractivity contribution in [3.05, 3.63) is 64.2 Å². The minimum atomic E-state index is -0.719. The highest BCUT2D eigenvalue weighted by Crippen LogP contribution is 2.36. The number of amides is 1. The Bertz CT molecular complexity index is 691. The van der Waals surface area contributed by atoms with Gasteiger partial charge < -0.3 is 10.4 Å². The molecule has 0 aliphatic carbocycles. The van der Waals surface area contributed by atoms with Crippen LogP contribution in [0.5, 0.6) is 0 Å². The molecule has 0 saturated heterocycles. The van der Waals surface area contributed by atoms with E-state index in [1.165, 1.54) is 0 Å². The zero-order valence-corrected chi connectivity index (χ0v) is 11.6. The molecule has 1 amide bonds. The maximum atomic E-state index is 11.6. The molecule has 0 fully saturated rings. The Morgan fingerprint density at radius 1 is 1.15 bits per heavy atom. The van der Waals surface area contributed by atoms with Crippen LogP contribution in [0.2, 0.25) is 0 Å². The fourth-order valence-corrected chi connectivity index (χ4v) is 2.82. The molecule has 2 aromatic carbocycles. The van der Waals surface area contributed by atoms with Crippen LogP contribution in [0.1, 0.15) is 33.9 Å². The third-order valence-corrected chi connectivity index (χ3v) is 3.79. The number of anilines is 1. The van der Waals surface area contributed by atoms with E-state index in [1.54, 1.807) is 0 Å². The normalized spacial score (nSPS) is 14.8. The highest BCUT2D eigenvalue weighted by atomic mass is 16.3. The van der Waals surface area contributed by atoms with Gasteiger partial charge in [0.15, 0.2) is 0 Å². The molecule has 1 heterocycles. The highest BCUT2D eigenvalue weighted by molar-refractivity contribution is 6.00. The predicted octanol–water partition coefficient (Wildman–Crippen LogP) is 2.88. The first-order valence-electron chi connectivity index (χ1n) is 6.73. The maximum Gasteiger partial charge on any atom is 0.228 e. The minimum absolute atomic E-state index is 0.0103. The first-order chi connectivity index (χ1) is 9.56. The lowest BCUT2D eigenvalue weighted by Crippen LogP contribution is -2.08. The molecule has 102 valence electrons. The van der Waals surface area contributed by atoms with Crippen LogP contribution >= 0.6 is 0 Å². The Morgan fingerprint density at radius 2 is 1.90 bits per heavy atom. The van der Waals surface area contributed by atoms with Crippen molar-refractivity contribution in [1.29, 1.82) is 0 Å². The molecule has 3 rings (SSSR count). The lowest BCUT2D eigenvalue weighted by atomic mass is 9.93. The van der Waals surface area contributed by atoms with Crippen molar-refractivity contribution in [3.63, 3.8) is 0 Å². The van der Waals surface area contributed by atoms with Crippen LogP contribution in [0.3, 0.4) is 0 Å². The lowest BCUT2D eigenvalue weighted by Gasteiger charge is -2.18. The van der Waals surface area contributed by atoms with Crippen molar-refractivity contribution in [1.82, 2.24) is 0 Å². The summed E-state index contributed by atoms with van der Waals surface area (Å²) in [6.45, 7) is 3.96. The maximum absolute atomic E-state index is 11.6. The fraction of sp³-hybridized carbons (Fsp3) is 0.235. The van der Waals surface area contributed by atoms with Crippen molar-refractivity contribution in [3.8, 4) is 0 Å². The van der Waals surface area contributed by atoms with Gasteiger partial charge in [0.05, 0.1) is 12.1 Å². The largest absolute Gasteiger partial charge is 0.384 e. The van der Waals surface area contributed by atoms with Gasteiger partial charge in [-0.05, 0) is 30.5 Å². The smallest absolute Gasteiger partial charge is 0.228 e. The Balaban J connectivity index is 2.12. The van der Waals surface area contributed by atoms with E-state index in [0.29, 0.717) is 6.42 Å². The van der Waals surface area contributed by atoms with Crippen LogP contribution in [0.25, 0.3) is 0 Å². The topological polar surface area (TPSA) is 49.3 Å². The average molecular weight is 267 g/mol. The molecule has 0 bridgehead atoms. The summed E-state index contributed by atoms with van der Waals surface area (Å²) in [5, 5.41) is 13.6. The van der Waals surface area contributed by atoms with E-state index >= 15 is 0 Å². The molecule has 3 nitrogen and oxygen atoms in total. The number of nitrogens with one attached hydrogen (secondary N) is 1. The van der Waals surface area contributed by atoms with Gasteiger partial charge in [-0.2, -0.15) is 0 Å². The van der Waals surface area contributed by atoms with E-state index in [-0.39, 0.29) is 5.91 Å². The summed E-state index contributed by atoms with van der Waals surface area (Å²) in [5.74, 6) is -0.0103. The van der Waals surface area contributed by atoms with Gasteiger partial charge in [-0.25, -0.2) is 0 Å². The van der Waals surface area contributed by atoms with Gasteiger partial charge in [-0.15, -0.1) is 0 Å². The van der Waals surface area contributed by atoms with Crippen LogP contribution in [0.4, 0.5) is 5.69 Å². The van der Waals surface area contributed by atoms with E-state index in [2.05, 4.69) is 5.32 Å². The Hall–Kier alpha value is -2.13. The lowest BCUT2D eigenvalue weighted by molar-refractivity contribution is -0.115. The second kappa shape index (κ2) is 4.76. The number of aliphatic hydroxyl groups excluding tert-OH is 1. The van der Waals surface area contributed by atoms with Gasteiger partial charge in [0.1, 0.15) is 6.10 Å². The van der Waals surface area contributed by atoms with Gasteiger partial charge in [0.25, 0.3) is 0 Å². The third-order valence-electron chi connectivity index (χ3n) is 3.79. The molecule has 0 radical (unpaired) electrons. The van der Waals surface area contributed by atoms with Crippen molar-refractivity contribution >= 4 is 11.6 Å². The summed E-state index contributed by atoms with van der Waals surface area (Å²) in [7, 11) is 0. The number of aryl methyl sites for hydroxylation is 2. The summed E-state index contributed by atoms with van der Waals surface area (Å²) in [5.41, 5.74) is 5.50. The van der Waals surface area contributed by atoms with Gasteiger partial charge in [0.2, 0.25) is 5.91 Å². The summed E-state index contributed by atoms with van der Waals surface area (Å²) in [6, 6.07) is 11.7. The molecule has 0 spiro atoms. The highest BCUT2D eigenvalue weighted by Gasteiger charge is 2.25. The SMILES string of the molecule is Cc1cc2c(c(C(O)c3ccccc3C)c1)NC(=O)C2. The Morgan fingerprint density at radius 3 is 2.65 bits per heavy atom. The second-order valence-corrected chi connectivity index (χ2v) is 5.37. The Labute approximate surface area is 118 Å². The molecular weight excluding hydrogens is 250 g/mol. The predicted molar refractivity (Wildman–Crippen MR) is 78.8 cm³/mol. The van der Waals surface area contributed by atoms with Crippen molar-refractivity contribution in [2.45, 2.75) is 26.4 Å². The first-order valence-corrected chi connectivity index (χ1v) is 6.73. The number of hydrogen-bond donors (Lipinski definition) is 2. The number of fused-ring (bicyclic) bond motifs is 1. The molecule has 2 aromatic rings. The number of carbonyl (C=O) groups is 1. The molecule has 0 aromatic heterocycles. The van der Waals surface area contributed by atoms with Crippen LogP contribution in [0, 0.1) is 13.8 Å². The molecular formula is C17H17NO2. The first kappa shape index (κ1) is 12.9. The van der Waals surface area contributed by atoms with Gasteiger partial charge >= 0.3 is 0 Å². The number of hydrogen-bond acceptors (Lipinski definition) is 2. The quantitative estimate of drug-likeness (QED) is 0.879. The number of rotatable bonds is 2. The molecule has 2 N–H and O–H groups in total. The van der Waals surface area contributed by atoms with Crippen molar-refractivity contribution in [2.24, 2.45) is 0 Å². The average Bonchev–Trinajstić information content (AvgIpc) is 2.77. The number of carbonyl (C=O) groups excluding carboxylic acids is 1. The zero-order chi connectivity index (χ0) is 14.3. The van der Waals surface area contributed by atoms with E-state index in [0.717, 1.165) is 33.5 Å². The van der Waals surface area contributed by atoms with Crippen LogP contribution in [0.15, 0.2) is 36.4 Å². The summed E-state index contributed by atoms with van der Waals surface area (Å²) in [6.07, 6.45) is -0.326. The van der Waals surface area contributed by atoms with Crippen LogP contribution < -0.4 is 5.32 Å². The third kappa shape index (κ3) is 2.10. The molecule has 1 atom stereocenters. The van der Waals surface area contributed by atoms with Gasteiger partial charge in [-0.3, -0.25) is 4.79 Å². The summed E-state index contributed by atoms with van der Waals surface area (Å²) in [4.78, 5) is 11.6. The van der Waals surface area contributed by atoms with E-state index in [4.69, 9.17) is 0 Å². The number of benzene rings is 2. The molecule has 20 heavy (non-hydrogen) atoms. The fourth-order valence-electron chi connectivity index (χ4n) is 2.82. The number of aliphatic hydroxyl groups is 1. The zero-order valence-electron chi connectivity index (χ0n) is 11.6. The van der Waals surface area contributed by atoms with Crippen molar-refractivity contribution in [2.75, 3.05) is 5.32 Å². The molecule has 1 aliphatic heterocycles. The standard InChI is InChI=1S/C17H17NO2/c1-10-7-12-9-15(19)18-16(12)14(8-10)17(20)13-6-4-3-5-11(13)2/h3-8,17,20H,9H2,1-2H3,(H,18,19). The van der Waals surface area contributed by atoms with Gasteiger partial charge in [0, 0.05) is 5.56 Å². The van der Waals surface area contributed by atoms with E-state index < -0.39 is 6.10 Å². The van der Waals surface area contributed by atoms with E-state index in [1.807, 2.05) is 50.2 Å². The van der Waals surface area contributed by atoms with Crippen LogP contribution in [-0.2, 0) is 11.2 Å². The summed E-state index contributed by atoms with van der Waals surface area (Å²) >= 11 is 0. The molecule has 3 heteroatoms.